The van der Waals surface area contributed by atoms with E-state index in [-0.39, 0.29) is 12.0 Å². The van der Waals surface area contributed by atoms with E-state index in [1.807, 2.05) is 23.1 Å². The fourth-order valence-electron chi connectivity index (χ4n) is 3.18. The minimum absolute atomic E-state index is 0.0872. The van der Waals surface area contributed by atoms with Gasteiger partial charge in [0.1, 0.15) is 0 Å². The first-order valence-corrected chi connectivity index (χ1v) is 9.16. The van der Waals surface area contributed by atoms with E-state index < -0.39 is 0 Å². The number of carbonyl (C=O) groups excluding carboxylic acids is 1. The van der Waals surface area contributed by atoms with Crippen LogP contribution in [-0.2, 0) is 17.6 Å². The van der Waals surface area contributed by atoms with Crippen molar-refractivity contribution in [2.24, 2.45) is 0 Å². The van der Waals surface area contributed by atoms with Crippen LogP contribution in [0.5, 0.6) is 0 Å². The third-order valence-corrected chi connectivity index (χ3v) is 4.51. The third kappa shape index (κ3) is 4.92. The maximum atomic E-state index is 12.7. The van der Waals surface area contributed by atoms with E-state index in [2.05, 4.69) is 24.2 Å². The van der Waals surface area contributed by atoms with Crippen molar-refractivity contribution in [2.45, 2.75) is 45.1 Å². The van der Waals surface area contributed by atoms with Gasteiger partial charge in [-0.05, 0) is 37.7 Å². The predicted molar refractivity (Wildman–Crippen MR) is 95.5 cm³/mol. The summed E-state index contributed by atoms with van der Waals surface area (Å²) in [5.74, 6) is 0.241. The van der Waals surface area contributed by atoms with Gasteiger partial charge in [0.15, 0.2) is 0 Å². The van der Waals surface area contributed by atoms with Crippen LogP contribution in [-0.4, -0.2) is 41.8 Å². The molecule has 1 aliphatic heterocycles. The van der Waals surface area contributed by atoms with E-state index in [4.69, 9.17) is 9.26 Å². The summed E-state index contributed by atoms with van der Waals surface area (Å²) < 4.78 is 11.0. The molecule has 0 aliphatic carbocycles. The molecule has 1 atom stereocenters. The van der Waals surface area contributed by atoms with Gasteiger partial charge < -0.3 is 14.2 Å². The van der Waals surface area contributed by atoms with Gasteiger partial charge in [0, 0.05) is 25.8 Å². The molecular formula is C20H26N2O3. The minimum atomic E-state index is -0.0872. The highest BCUT2D eigenvalue weighted by Gasteiger charge is 2.25. The molecular weight excluding hydrogens is 316 g/mol. The maximum Gasteiger partial charge on any atom is 0.292 e. The Morgan fingerprint density at radius 1 is 1.28 bits per heavy atom. The van der Waals surface area contributed by atoms with Crippen LogP contribution in [0.3, 0.4) is 0 Å². The van der Waals surface area contributed by atoms with Gasteiger partial charge in [0.2, 0.25) is 5.76 Å². The van der Waals surface area contributed by atoms with E-state index in [1.54, 1.807) is 6.07 Å². The number of aryl methyl sites for hydroxylation is 2. The number of hydrogen-bond donors (Lipinski definition) is 0. The first-order chi connectivity index (χ1) is 12.3. The molecule has 0 saturated carbocycles. The van der Waals surface area contributed by atoms with Crippen LogP contribution in [0.25, 0.3) is 0 Å². The van der Waals surface area contributed by atoms with E-state index in [0.29, 0.717) is 18.8 Å². The quantitative estimate of drug-likeness (QED) is 0.737. The molecule has 0 spiro atoms. The van der Waals surface area contributed by atoms with E-state index >= 15 is 0 Å². The summed E-state index contributed by atoms with van der Waals surface area (Å²) in [4.78, 5) is 14.6. The lowest BCUT2D eigenvalue weighted by atomic mass is 10.1. The lowest BCUT2D eigenvalue weighted by Crippen LogP contribution is -2.37. The number of benzene rings is 1. The highest BCUT2D eigenvalue weighted by Crippen LogP contribution is 2.16. The number of hydrogen-bond acceptors (Lipinski definition) is 4. The number of carbonyl (C=O) groups is 1. The standard InChI is InChI=1S/C20H26N2O3/c1-2-12-22(15-18-9-6-13-24-18)20(23)19-14-17(21-25-19)11-10-16-7-4-3-5-8-16/h3-5,7-8,14,18H,2,6,9-13,15H2,1H3. The summed E-state index contributed by atoms with van der Waals surface area (Å²) in [6.45, 7) is 4.21. The number of ether oxygens (including phenoxy) is 1. The zero-order valence-electron chi connectivity index (χ0n) is 14.8. The molecule has 0 radical (unpaired) electrons. The maximum absolute atomic E-state index is 12.7. The minimum Gasteiger partial charge on any atom is -0.376 e. The topological polar surface area (TPSA) is 55.6 Å². The Kier molecular flexibility index (Phi) is 6.23. The van der Waals surface area contributed by atoms with Gasteiger partial charge in [-0.15, -0.1) is 0 Å². The highest BCUT2D eigenvalue weighted by atomic mass is 16.5. The summed E-state index contributed by atoms with van der Waals surface area (Å²) in [5.41, 5.74) is 2.07. The molecule has 1 aromatic carbocycles. The van der Waals surface area contributed by atoms with Crippen molar-refractivity contribution in [3.8, 4) is 0 Å². The normalized spacial score (nSPS) is 16.9. The van der Waals surface area contributed by atoms with Crippen LogP contribution in [0.1, 0.15) is 48.0 Å². The third-order valence-electron chi connectivity index (χ3n) is 4.51. The fourth-order valence-corrected chi connectivity index (χ4v) is 3.18. The summed E-state index contributed by atoms with van der Waals surface area (Å²) in [5, 5.41) is 4.07. The molecule has 0 N–H and O–H groups in total. The summed E-state index contributed by atoms with van der Waals surface area (Å²) in [6, 6.07) is 12.0. The van der Waals surface area contributed by atoms with E-state index in [1.165, 1.54) is 5.56 Å². The Balaban J connectivity index is 1.59. The van der Waals surface area contributed by atoms with Gasteiger partial charge >= 0.3 is 0 Å². The molecule has 134 valence electrons. The van der Waals surface area contributed by atoms with Crippen molar-refractivity contribution >= 4 is 5.91 Å². The van der Waals surface area contributed by atoms with Gasteiger partial charge in [-0.25, -0.2) is 0 Å². The first kappa shape index (κ1) is 17.7. The number of aromatic nitrogens is 1. The Hall–Kier alpha value is -2.14. The molecule has 1 aromatic heterocycles. The molecule has 5 nitrogen and oxygen atoms in total. The smallest absolute Gasteiger partial charge is 0.292 e. The molecule has 2 aromatic rings. The van der Waals surface area contributed by atoms with Crippen LogP contribution in [0.2, 0.25) is 0 Å². The van der Waals surface area contributed by atoms with E-state index in [9.17, 15) is 4.79 Å². The second-order valence-electron chi connectivity index (χ2n) is 6.55. The van der Waals surface area contributed by atoms with Crippen LogP contribution in [0.15, 0.2) is 40.9 Å². The highest BCUT2D eigenvalue weighted by molar-refractivity contribution is 5.91. The average Bonchev–Trinajstić information content (AvgIpc) is 3.32. The van der Waals surface area contributed by atoms with Crippen molar-refractivity contribution in [1.82, 2.24) is 10.1 Å². The number of amides is 1. The van der Waals surface area contributed by atoms with Gasteiger partial charge in [-0.1, -0.05) is 42.4 Å². The van der Waals surface area contributed by atoms with Crippen molar-refractivity contribution < 1.29 is 14.1 Å². The zero-order chi connectivity index (χ0) is 17.5. The van der Waals surface area contributed by atoms with Crippen LogP contribution >= 0.6 is 0 Å². The van der Waals surface area contributed by atoms with Crippen molar-refractivity contribution in [1.29, 1.82) is 0 Å². The fraction of sp³-hybridized carbons (Fsp3) is 0.500. The molecule has 1 fully saturated rings. The average molecular weight is 342 g/mol. The van der Waals surface area contributed by atoms with Crippen LogP contribution in [0.4, 0.5) is 0 Å². The monoisotopic (exact) mass is 342 g/mol. The zero-order valence-corrected chi connectivity index (χ0v) is 14.8. The van der Waals surface area contributed by atoms with Crippen LogP contribution in [0, 0.1) is 0 Å². The lowest BCUT2D eigenvalue weighted by Gasteiger charge is -2.23. The molecule has 1 saturated heterocycles. The lowest BCUT2D eigenvalue weighted by molar-refractivity contribution is 0.0496. The second kappa shape index (κ2) is 8.81. The summed E-state index contributed by atoms with van der Waals surface area (Å²) >= 11 is 0. The van der Waals surface area contributed by atoms with Crippen molar-refractivity contribution in [2.75, 3.05) is 19.7 Å². The number of rotatable bonds is 8. The van der Waals surface area contributed by atoms with Gasteiger partial charge in [-0.3, -0.25) is 4.79 Å². The number of nitrogens with zero attached hydrogens (tertiary/aromatic N) is 2. The van der Waals surface area contributed by atoms with Gasteiger partial charge in [0.05, 0.1) is 11.8 Å². The van der Waals surface area contributed by atoms with Crippen molar-refractivity contribution in [3.63, 3.8) is 0 Å². The largest absolute Gasteiger partial charge is 0.376 e. The molecule has 0 bridgehead atoms. The van der Waals surface area contributed by atoms with Crippen LogP contribution < -0.4 is 0 Å². The second-order valence-corrected chi connectivity index (χ2v) is 6.55. The first-order valence-electron chi connectivity index (χ1n) is 9.16. The Morgan fingerprint density at radius 3 is 2.84 bits per heavy atom. The molecule has 1 unspecified atom stereocenters. The Bertz CT molecular complexity index is 663. The Morgan fingerprint density at radius 2 is 2.12 bits per heavy atom. The molecule has 25 heavy (non-hydrogen) atoms. The molecule has 3 rings (SSSR count). The van der Waals surface area contributed by atoms with Gasteiger partial charge in [-0.2, -0.15) is 0 Å². The SMILES string of the molecule is CCCN(CC1CCCO1)C(=O)c1cc(CCc2ccccc2)no1. The van der Waals surface area contributed by atoms with E-state index in [0.717, 1.165) is 44.4 Å². The summed E-state index contributed by atoms with van der Waals surface area (Å²) in [6.07, 6.45) is 4.80. The van der Waals surface area contributed by atoms with Crippen molar-refractivity contribution in [3.05, 3.63) is 53.4 Å². The Labute approximate surface area is 148 Å². The summed E-state index contributed by atoms with van der Waals surface area (Å²) in [7, 11) is 0. The predicted octanol–water partition coefficient (Wildman–Crippen LogP) is 3.49. The molecule has 1 aliphatic rings. The molecule has 2 heterocycles. The molecule has 1 amide bonds. The molecule has 5 heteroatoms. The van der Waals surface area contributed by atoms with Gasteiger partial charge in [0.25, 0.3) is 5.91 Å².